The van der Waals surface area contributed by atoms with E-state index in [4.69, 9.17) is 30.9 Å². The van der Waals surface area contributed by atoms with Crippen molar-refractivity contribution >= 4 is 11.6 Å². The van der Waals surface area contributed by atoms with Crippen LogP contribution in [0.1, 0.15) is 18.2 Å². The molecule has 8 heteroatoms. The molecule has 33 heavy (non-hydrogen) atoms. The second-order valence-electron chi connectivity index (χ2n) is 7.71. The average molecular weight is 474 g/mol. The Kier molecular flexibility index (Phi) is 9.72. The summed E-state index contributed by atoms with van der Waals surface area (Å²) in [4.78, 5) is 2.13. The number of aliphatic hydroxyl groups is 1. The molecule has 3 aromatic rings. The van der Waals surface area contributed by atoms with Crippen molar-refractivity contribution in [2.24, 2.45) is 0 Å². The lowest BCUT2D eigenvalue weighted by Crippen LogP contribution is -2.36. The van der Waals surface area contributed by atoms with Crippen molar-refractivity contribution in [1.29, 1.82) is 0 Å². The van der Waals surface area contributed by atoms with Crippen LogP contribution in [0, 0.1) is 6.92 Å². The maximum Gasteiger partial charge on any atom is 0.227 e. The third kappa shape index (κ3) is 7.28. The Hall–Kier alpha value is -2.42. The predicted molar refractivity (Wildman–Crippen MR) is 129 cm³/mol. The second-order valence-corrected chi connectivity index (χ2v) is 8.15. The molecule has 0 unspecified atom stereocenters. The van der Waals surface area contributed by atoms with E-state index < -0.39 is 6.10 Å². The molecule has 0 saturated heterocycles. The van der Waals surface area contributed by atoms with Gasteiger partial charge in [-0.25, -0.2) is 4.68 Å². The van der Waals surface area contributed by atoms with Gasteiger partial charge in [-0.2, -0.15) is 5.10 Å². The number of benzene rings is 2. The van der Waals surface area contributed by atoms with Crippen LogP contribution in [0.4, 0.5) is 0 Å². The summed E-state index contributed by atoms with van der Waals surface area (Å²) in [6.45, 7) is 6.91. The molecular weight excluding hydrogens is 442 g/mol. The van der Waals surface area contributed by atoms with E-state index in [0.29, 0.717) is 49.5 Å². The van der Waals surface area contributed by atoms with Gasteiger partial charge < -0.3 is 19.3 Å². The largest absolute Gasteiger partial charge is 0.439 e. The number of halogens is 1. The minimum atomic E-state index is -0.605. The quantitative estimate of drug-likeness (QED) is 0.395. The molecule has 0 saturated carbocycles. The molecule has 0 spiro atoms. The molecule has 0 fully saturated rings. The maximum atomic E-state index is 10.4. The van der Waals surface area contributed by atoms with Gasteiger partial charge in [-0.1, -0.05) is 29.8 Å². The molecule has 1 heterocycles. The van der Waals surface area contributed by atoms with Gasteiger partial charge in [-0.15, -0.1) is 0 Å². The third-order valence-corrected chi connectivity index (χ3v) is 5.39. The highest BCUT2D eigenvalue weighted by Gasteiger charge is 2.22. The first kappa shape index (κ1) is 25.2. The molecule has 0 amide bonds. The van der Waals surface area contributed by atoms with Crippen molar-refractivity contribution < 1.29 is 19.3 Å². The van der Waals surface area contributed by atoms with Crippen LogP contribution in [0.3, 0.4) is 0 Å². The molecule has 178 valence electrons. The van der Waals surface area contributed by atoms with E-state index in [2.05, 4.69) is 4.90 Å². The molecular formula is C25H32ClN3O4. The summed E-state index contributed by atoms with van der Waals surface area (Å²) in [6.07, 6.45) is -0.605. The predicted octanol–water partition coefficient (Wildman–Crippen LogP) is 4.47. The van der Waals surface area contributed by atoms with Crippen LogP contribution in [-0.4, -0.2) is 65.9 Å². The summed E-state index contributed by atoms with van der Waals surface area (Å²) in [5.41, 5.74) is 2.69. The van der Waals surface area contributed by atoms with E-state index in [1.807, 2.05) is 61.0 Å². The summed E-state index contributed by atoms with van der Waals surface area (Å²) < 4.78 is 18.8. The van der Waals surface area contributed by atoms with Gasteiger partial charge >= 0.3 is 0 Å². The second kappa shape index (κ2) is 12.7. The minimum absolute atomic E-state index is 0.288. The molecule has 0 aliphatic carbocycles. The Morgan fingerprint density at radius 3 is 2.52 bits per heavy atom. The number of methoxy groups -OCH3 is 1. The van der Waals surface area contributed by atoms with E-state index >= 15 is 0 Å². The van der Waals surface area contributed by atoms with E-state index in [1.165, 1.54) is 0 Å². The zero-order chi connectivity index (χ0) is 23.6. The number of hydrogen-bond donors (Lipinski definition) is 1. The zero-order valence-corrected chi connectivity index (χ0v) is 20.2. The van der Waals surface area contributed by atoms with E-state index in [9.17, 15) is 5.11 Å². The van der Waals surface area contributed by atoms with Crippen molar-refractivity contribution in [2.45, 2.75) is 26.5 Å². The number of para-hydroxylation sites is 1. The number of aliphatic hydroxyl groups excluding tert-OH is 1. The molecule has 1 atom stereocenters. The lowest BCUT2D eigenvalue weighted by molar-refractivity contribution is 0.0147. The van der Waals surface area contributed by atoms with Crippen molar-refractivity contribution in [3.63, 3.8) is 0 Å². The third-order valence-electron chi connectivity index (χ3n) is 5.14. The highest BCUT2D eigenvalue weighted by Crippen LogP contribution is 2.32. The number of aromatic nitrogens is 2. The summed E-state index contributed by atoms with van der Waals surface area (Å²) in [6, 6.07) is 17.1. The highest BCUT2D eigenvalue weighted by atomic mass is 35.5. The number of nitrogens with zero attached hydrogens (tertiary/aromatic N) is 3. The van der Waals surface area contributed by atoms with Crippen LogP contribution in [-0.2, 0) is 16.0 Å². The fraction of sp³-hybridized carbons (Fsp3) is 0.400. The fourth-order valence-electron chi connectivity index (χ4n) is 3.47. The first-order chi connectivity index (χ1) is 16.0. The van der Waals surface area contributed by atoms with Gasteiger partial charge in [0.15, 0.2) is 0 Å². The SMILES string of the molecule is CCOC[C@H](O)CN(CCOC)Cc1c(C)nn(-c2ccccc2)c1Oc1ccc(Cl)cc1. The summed E-state index contributed by atoms with van der Waals surface area (Å²) >= 11 is 6.05. The van der Waals surface area contributed by atoms with Gasteiger partial charge in [0, 0.05) is 38.4 Å². The van der Waals surface area contributed by atoms with Crippen LogP contribution in [0.25, 0.3) is 5.69 Å². The van der Waals surface area contributed by atoms with Crippen LogP contribution < -0.4 is 4.74 Å². The normalized spacial score (nSPS) is 12.3. The van der Waals surface area contributed by atoms with E-state index in [-0.39, 0.29) is 6.61 Å². The molecule has 0 aliphatic heterocycles. The number of rotatable bonds is 13. The van der Waals surface area contributed by atoms with Crippen LogP contribution in [0.15, 0.2) is 54.6 Å². The zero-order valence-electron chi connectivity index (χ0n) is 19.4. The molecule has 0 bridgehead atoms. The highest BCUT2D eigenvalue weighted by molar-refractivity contribution is 6.30. The van der Waals surface area contributed by atoms with Gasteiger partial charge in [0.25, 0.3) is 0 Å². The lowest BCUT2D eigenvalue weighted by Gasteiger charge is -2.25. The monoisotopic (exact) mass is 473 g/mol. The van der Waals surface area contributed by atoms with Crippen molar-refractivity contribution in [2.75, 3.05) is 40.0 Å². The van der Waals surface area contributed by atoms with Gasteiger partial charge in [-0.3, -0.25) is 4.90 Å². The van der Waals surface area contributed by atoms with Crippen LogP contribution in [0.2, 0.25) is 5.02 Å². The van der Waals surface area contributed by atoms with Gasteiger partial charge in [-0.05, 0) is 50.2 Å². The molecule has 0 radical (unpaired) electrons. The minimum Gasteiger partial charge on any atom is -0.439 e. The summed E-state index contributed by atoms with van der Waals surface area (Å²) in [7, 11) is 1.67. The van der Waals surface area contributed by atoms with Crippen LogP contribution >= 0.6 is 11.6 Å². The van der Waals surface area contributed by atoms with Gasteiger partial charge in [0.1, 0.15) is 5.75 Å². The Morgan fingerprint density at radius 1 is 1.12 bits per heavy atom. The van der Waals surface area contributed by atoms with Gasteiger partial charge in [0.05, 0.1) is 36.3 Å². The fourth-order valence-corrected chi connectivity index (χ4v) is 3.59. The molecule has 2 aromatic carbocycles. The number of ether oxygens (including phenoxy) is 3. The van der Waals surface area contributed by atoms with Gasteiger partial charge in [0.2, 0.25) is 5.88 Å². The maximum absolute atomic E-state index is 10.4. The summed E-state index contributed by atoms with van der Waals surface area (Å²) in [5.74, 6) is 1.29. The first-order valence-corrected chi connectivity index (χ1v) is 11.4. The Balaban J connectivity index is 1.94. The van der Waals surface area contributed by atoms with Crippen LogP contribution in [0.5, 0.6) is 11.6 Å². The first-order valence-electron chi connectivity index (χ1n) is 11.1. The molecule has 3 rings (SSSR count). The smallest absolute Gasteiger partial charge is 0.227 e. The molecule has 7 nitrogen and oxygen atoms in total. The number of aryl methyl sites for hydroxylation is 1. The van der Waals surface area contributed by atoms with Crippen molar-refractivity contribution in [3.8, 4) is 17.3 Å². The Morgan fingerprint density at radius 2 is 1.85 bits per heavy atom. The van der Waals surface area contributed by atoms with Crippen molar-refractivity contribution in [3.05, 3.63) is 70.9 Å². The standard InChI is InChI=1S/C25H32ClN3O4/c1-4-32-18-22(30)16-28(14-15-31-3)17-24-19(2)27-29(21-8-6-5-7-9-21)25(24)33-23-12-10-20(26)11-13-23/h5-13,22,30H,4,14-18H2,1-3H3/t22-/m1/s1. The van der Waals surface area contributed by atoms with E-state index in [0.717, 1.165) is 16.9 Å². The number of hydrogen-bond acceptors (Lipinski definition) is 6. The Labute approximate surface area is 200 Å². The van der Waals surface area contributed by atoms with Crippen molar-refractivity contribution in [1.82, 2.24) is 14.7 Å². The summed E-state index contributed by atoms with van der Waals surface area (Å²) in [5, 5.41) is 15.9. The Bertz CT molecular complexity index is 979. The molecule has 0 aliphatic rings. The average Bonchev–Trinajstić information content (AvgIpc) is 3.13. The molecule has 1 aromatic heterocycles. The van der Waals surface area contributed by atoms with E-state index in [1.54, 1.807) is 19.2 Å². The topological polar surface area (TPSA) is 69.0 Å². The lowest BCUT2D eigenvalue weighted by atomic mass is 10.2. The molecule has 1 N–H and O–H groups in total.